The zero-order chi connectivity index (χ0) is 9.52. The summed E-state index contributed by atoms with van der Waals surface area (Å²) in [5.74, 6) is 1.57. The molecular weight excluding hydrogens is 204 g/mol. The highest BCUT2D eigenvalue weighted by Gasteiger charge is 2.01. The molecule has 0 atom stereocenters. The van der Waals surface area contributed by atoms with Gasteiger partial charge in [0.2, 0.25) is 0 Å². The lowest BCUT2D eigenvalue weighted by molar-refractivity contribution is 1.08. The molecule has 0 N–H and O–H groups in total. The number of aromatic nitrogens is 1. The van der Waals surface area contributed by atoms with E-state index < -0.39 is 0 Å². The normalized spacial score (nSPS) is 9.54. The molecule has 1 heterocycles. The van der Waals surface area contributed by atoms with Crippen LogP contribution >= 0.6 is 23.4 Å². The van der Waals surface area contributed by atoms with Crippen LogP contribution in [-0.4, -0.2) is 16.6 Å². The van der Waals surface area contributed by atoms with E-state index in [0.717, 1.165) is 17.2 Å². The quantitative estimate of drug-likeness (QED) is 0.438. The SMILES string of the molecule is N#Cc1cccnc1SCCCCl. The molecule has 1 aromatic heterocycles. The number of pyridine rings is 1. The van der Waals surface area contributed by atoms with Crippen LogP contribution in [-0.2, 0) is 0 Å². The number of alkyl halides is 1. The molecule has 0 radical (unpaired) electrons. The minimum atomic E-state index is 0.641. The van der Waals surface area contributed by atoms with Crippen LogP contribution in [0.3, 0.4) is 0 Å². The first-order chi connectivity index (χ1) is 6.38. The Kier molecular flexibility index (Phi) is 4.66. The fraction of sp³-hybridized carbons (Fsp3) is 0.333. The van der Waals surface area contributed by atoms with E-state index in [1.54, 1.807) is 30.1 Å². The second kappa shape index (κ2) is 5.85. The third kappa shape index (κ3) is 3.25. The number of hydrogen-bond donors (Lipinski definition) is 0. The van der Waals surface area contributed by atoms with Gasteiger partial charge < -0.3 is 0 Å². The molecule has 0 aliphatic carbocycles. The predicted molar refractivity (Wildman–Crippen MR) is 55.0 cm³/mol. The highest BCUT2D eigenvalue weighted by molar-refractivity contribution is 7.99. The maximum absolute atomic E-state index is 8.75. The Bertz CT molecular complexity index is 309. The van der Waals surface area contributed by atoms with Gasteiger partial charge in [0.25, 0.3) is 0 Å². The molecule has 0 bridgehead atoms. The van der Waals surface area contributed by atoms with Crippen LogP contribution in [0, 0.1) is 11.3 Å². The Morgan fingerprint density at radius 2 is 2.46 bits per heavy atom. The second-order valence-electron chi connectivity index (χ2n) is 2.36. The van der Waals surface area contributed by atoms with Crippen molar-refractivity contribution >= 4 is 23.4 Å². The van der Waals surface area contributed by atoms with E-state index in [9.17, 15) is 0 Å². The third-order valence-electron chi connectivity index (χ3n) is 1.41. The molecule has 1 rings (SSSR count). The van der Waals surface area contributed by atoms with E-state index >= 15 is 0 Å². The summed E-state index contributed by atoms with van der Waals surface area (Å²) in [5.41, 5.74) is 0.641. The summed E-state index contributed by atoms with van der Waals surface area (Å²) in [6, 6.07) is 5.65. The van der Waals surface area contributed by atoms with Gasteiger partial charge in [-0.15, -0.1) is 23.4 Å². The number of rotatable bonds is 4. The van der Waals surface area contributed by atoms with Crippen molar-refractivity contribution in [2.45, 2.75) is 11.4 Å². The summed E-state index contributed by atoms with van der Waals surface area (Å²) in [7, 11) is 0. The topological polar surface area (TPSA) is 36.7 Å². The molecule has 13 heavy (non-hydrogen) atoms. The average Bonchev–Trinajstić information content (AvgIpc) is 2.19. The molecule has 0 fully saturated rings. The Balaban J connectivity index is 2.60. The Morgan fingerprint density at radius 1 is 1.62 bits per heavy atom. The van der Waals surface area contributed by atoms with Crippen LogP contribution in [0.5, 0.6) is 0 Å². The fourth-order valence-electron chi connectivity index (χ4n) is 0.814. The zero-order valence-electron chi connectivity index (χ0n) is 7.03. The molecule has 0 amide bonds. The van der Waals surface area contributed by atoms with Crippen molar-refractivity contribution in [3.63, 3.8) is 0 Å². The van der Waals surface area contributed by atoms with Crippen molar-refractivity contribution in [3.8, 4) is 6.07 Å². The van der Waals surface area contributed by atoms with Crippen molar-refractivity contribution in [1.29, 1.82) is 5.26 Å². The van der Waals surface area contributed by atoms with Crippen molar-refractivity contribution in [2.75, 3.05) is 11.6 Å². The van der Waals surface area contributed by atoms with Gasteiger partial charge in [-0.2, -0.15) is 5.26 Å². The largest absolute Gasteiger partial charge is 0.249 e. The lowest BCUT2D eigenvalue weighted by Crippen LogP contribution is -1.87. The van der Waals surface area contributed by atoms with Crippen molar-refractivity contribution in [2.24, 2.45) is 0 Å². The van der Waals surface area contributed by atoms with Crippen LogP contribution in [0.15, 0.2) is 23.4 Å². The smallest absolute Gasteiger partial charge is 0.114 e. The van der Waals surface area contributed by atoms with Crippen LogP contribution in [0.4, 0.5) is 0 Å². The van der Waals surface area contributed by atoms with Crippen molar-refractivity contribution in [1.82, 2.24) is 4.98 Å². The minimum absolute atomic E-state index is 0.641. The van der Waals surface area contributed by atoms with Crippen LogP contribution in [0.25, 0.3) is 0 Å². The average molecular weight is 213 g/mol. The highest BCUT2D eigenvalue weighted by Crippen LogP contribution is 2.19. The lowest BCUT2D eigenvalue weighted by Gasteiger charge is -1.99. The van der Waals surface area contributed by atoms with E-state index in [1.807, 2.05) is 0 Å². The van der Waals surface area contributed by atoms with Gasteiger partial charge in [0.15, 0.2) is 0 Å². The van der Waals surface area contributed by atoms with Gasteiger partial charge in [-0.25, -0.2) is 4.98 Å². The molecule has 1 aromatic rings. The molecule has 0 saturated carbocycles. The van der Waals surface area contributed by atoms with Gasteiger partial charge in [-0.1, -0.05) is 0 Å². The lowest BCUT2D eigenvalue weighted by atomic mass is 10.3. The maximum atomic E-state index is 8.75. The van der Waals surface area contributed by atoms with E-state index in [0.29, 0.717) is 11.4 Å². The zero-order valence-corrected chi connectivity index (χ0v) is 8.61. The number of thioether (sulfide) groups is 1. The van der Waals surface area contributed by atoms with E-state index in [-0.39, 0.29) is 0 Å². The first-order valence-corrected chi connectivity index (χ1v) is 5.44. The molecule has 0 aliphatic rings. The van der Waals surface area contributed by atoms with Gasteiger partial charge >= 0.3 is 0 Å². The van der Waals surface area contributed by atoms with Crippen LogP contribution in [0.1, 0.15) is 12.0 Å². The molecule has 2 nitrogen and oxygen atoms in total. The van der Waals surface area contributed by atoms with Crippen molar-refractivity contribution < 1.29 is 0 Å². The van der Waals surface area contributed by atoms with Crippen LogP contribution < -0.4 is 0 Å². The Morgan fingerprint density at radius 3 is 3.15 bits per heavy atom. The summed E-state index contributed by atoms with van der Waals surface area (Å²) < 4.78 is 0. The number of halogens is 1. The summed E-state index contributed by atoms with van der Waals surface area (Å²) in [4.78, 5) is 4.12. The van der Waals surface area contributed by atoms with Gasteiger partial charge in [-0.3, -0.25) is 0 Å². The first kappa shape index (κ1) is 10.4. The molecule has 0 saturated heterocycles. The van der Waals surface area contributed by atoms with E-state index in [4.69, 9.17) is 16.9 Å². The second-order valence-corrected chi connectivity index (χ2v) is 3.82. The monoisotopic (exact) mass is 212 g/mol. The van der Waals surface area contributed by atoms with E-state index in [2.05, 4.69) is 11.1 Å². The molecule has 0 unspecified atom stereocenters. The molecule has 68 valence electrons. The fourth-order valence-corrected chi connectivity index (χ4v) is 1.99. The van der Waals surface area contributed by atoms with Crippen molar-refractivity contribution in [3.05, 3.63) is 23.9 Å². The summed E-state index contributed by atoms with van der Waals surface area (Å²) in [6.45, 7) is 0. The summed E-state index contributed by atoms with van der Waals surface area (Å²) >= 11 is 7.12. The Labute approximate surface area is 86.9 Å². The summed E-state index contributed by atoms with van der Waals surface area (Å²) in [5, 5.41) is 9.55. The number of nitriles is 1. The minimum Gasteiger partial charge on any atom is -0.249 e. The van der Waals surface area contributed by atoms with Gasteiger partial charge in [0, 0.05) is 17.8 Å². The highest BCUT2D eigenvalue weighted by atomic mass is 35.5. The summed E-state index contributed by atoms with van der Waals surface area (Å²) in [6.07, 6.45) is 2.64. The standard InChI is InChI=1S/C9H9ClN2S/c10-4-2-6-13-9-8(7-11)3-1-5-12-9/h1,3,5H,2,4,6H2. The molecule has 0 aromatic carbocycles. The molecule has 0 aliphatic heterocycles. The van der Waals surface area contributed by atoms with Crippen LogP contribution in [0.2, 0.25) is 0 Å². The third-order valence-corrected chi connectivity index (χ3v) is 2.77. The van der Waals surface area contributed by atoms with E-state index in [1.165, 1.54) is 0 Å². The predicted octanol–water partition coefficient (Wildman–Crippen LogP) is 2.67. The molecule has 0 spiro atoms. The molecule has 4 heteroatoms. The number of nitrogens with zero attached hydrogens (tertiary/aromatic N) is 2. The number of hydrogen-bond acceptors (Lipinski definition) is 3. The first-order valence-electron chi connectivity index (χ1n) is 3.92. The van der Waals surface area contributed by atoms with Gasteiger partial charge in [0.05, 0.1) is 5.56 Å². The Hall–Kier alpha value is -0.720. The van der Waals surface area contributed by atoms with Gasteiger partial charge in [-0.05, 0) is 18.6 Å². The van der Waals surface area contributed by atoms with Gasteiger partial charge in [0.1, 0.15) is 11.1 Å². The molecular formula is C9H9ClN2S. The maximum Gasteiger partial charge on any atom is 0.114 e.